The van der Waals surface area contributed by atoms with Gasteiger partial charge in [-0.3, -0.25) is 4.79 Å². The zero-order chi connectivity index (χ0) is 17.1. The minimum Gasteiger partial charge on any atom is -0.321 e. The van der Waals surface area contributed by atoms with Gasteiger partial charge in [0.1, 0.15) is 22.6 Å². The van der Waals surface area contributed by atoms with Gasteiger partial charge in [0.15, 0.2) is 0 Å². The number of aromatic nitrogens is 1. The van der Waals surface area contributed by atoms with Crippen LogP contribution in [-0.4, -0.2) is 10.9 Å². The standard InChI is InChI=1S/C17H9ClFN3OS/c18-13-4-2-1-3-12(13)17-22-15(9-24-17)16(23)21-11-5-6-14(19)10(7-11)8-20/h1-7,9H,(H,21,23). The first-order valence-corrected chi connectivity index (χ1v) is 8.05. The lowest BCUT2D eigenvalue weighted by Crippen LogP contribution is -2.12. The summed E-state index contributed by atoms with van der Waals surface area (Å²) in [6.45, 7) is 0. The van der Waals surface area contributed by atoms with E-state index in [2.05, 4.69) is 10.3 Å². The van der Waals surface area contributed by atoms with E-state index < -0.39 is 11.7 Å². The zero-order valence-electron chi connectivity index (χ0n) is 12.1. The average Bonchev–Trinajstić information content (AvgIpc) is 3.07. The Labute approximate surface area is 146 Å². The van der Waals surface area contributed by atoms with Crippen LogP contribution in [0, 0.1) is 17.1 Å². The number of anilines is 1. The van der Waals surface area contributed by atoms with Gasteiger partial charge in [-0.1, -0.05) is 29.8 Å². The van der Waals surface area contributed by atoms with Crippen LogP contribution in [0.3, 0.4) is 0 Å². The maximum atomic E-state index is 13.3. The predicted molar refractivity (Wildman–Crippen MR) is 91.6 cm³/mol. The molecule has 0 aliphatic carbocycles. The van der Waals surface area contributed by atoms with Crippen molar-refractivity contribution in [3.8, 4) is 16.6 Å². The number of rotatable bonds is 3. The van der Waals surface area contributed by atoms with Crippen molar-refractivity contribution < 1.29 is 9.18 Å². The lowest BCUT2D eigenvalue weighted by molar-refractivity contribution is 0.102. The van der Waals surface area contributed by atoms with Crippen LogP contribution in [0.25, 0.3) is 10.6 Å². The van der Waals surface area contributed by atoms with Crippen LogP contribution in [0.1, 0.15) is 16.1 Å². The summed E-state index contributed by atoms with van der Waals surface area (Å²) in [5.74, 6) is -1.08. The topological polar surface area (TPSA) is 65.8 Å². The van der Waals surface area contributed by atoms with Gasteiger partial charge in [-0.05, 0) is 24.3 Å². The van der Waals surface area contributed by atoms with Crippen molar-refractivity contribution in [2.24, 2.45) is 0 Å². The van der Waals surface area contributed by atoms with Crippen LogP contribution in [0.2, 0.25) is 5.02 Å². The first-order valence-electron chi connectivity index (χ1n) is 6.80. The summed E-state index contributed by atoms with van der Waals surface area (Å²) < 4.78 is 13.3. The van der Waals surface area contributed by atoms with Gasteiger partial charge in [-0.2, -0.15) is 5.26 Å². The first kappa shape index (κ1) is 16.1. The predicted octanol–water partition coefficient (Wildman–Crippen LogP) is 4.73. The minimum atomic E-state index is -0.634. The molecule has 0 saturated heterocycles. The molecule has 2 aromatic carbocycles. The summed E-state index contributed by atoms with van der Waals surface area (Å²) in [6, 6.07) is 12.7. The second-order valence-electron chi connectivity index (χ2n) is 4.78. The van der Waals surface area contributed by atoms with Crippen LogP contribution in [0.4, 0.5) is 10.1 Å². The molecule has 4 nitrogen and oxygen atoms in total. The molecule has 0 aliphatic heterocycles. The number of thiazole rings is 1. The van der Waals surface area contributed by atoms with Gasteiger partial charge in [0.2, 0.25) is 0 Å². The van der Waals surface area contributed by atoms with E-state index in [1.807, 2.05) is 18.2 Å². The number of carbonyl (C=O) groups excluding carboxylic acids is 1. The number of nitrogens with zero attached hydrogens (tertiary/aromatic N) is 2. The summed E-state index contributed by atoms with van der Waals surface area (Å²) in [7, 11) is 0. The van der Waals surface area contributed by atoms with Crippen molar-refractivity contribution in [1.82, 2.24) is 4.98 Å². The van der Waals surface area contributed by atoms with Crippen LogP contribution in [0.15, 0.2) is 47.8 Å². The molecule has 0 saturated carbocycles. The van der Waals surface area contributed by atoms with Gasteiger partial charge in [0.05, 0.1) is 10.6 Å². The van der Waals surface area contributed by atoms with Crippen molar-refractivity contribution in [2.75, 3.05) is 5.32 Å². The monoisotopic (exact) mass is 357 g/mol. The maximum absolute atomic E-state index is 13.3. The fourth-order valence-corrected chi connectivity index (χ4v) is 3.14. The maximum Gasteiger partial charge on any atom is 0.275 e. The highest BCUT2D eigenvalue weighted by atomic mass is 35.5. The number of nitrogens with one attached hydrogen (secondary N) is 1. The van der Waals surface area contributed by atoms with Gasteiger partial charge < -0.3 is 5.32 Å². The molecule has 1 amide bonds. The molecule has 3 aromatic rings. The Bertz CT molecular complexity index is 964. The quantitative estimate of drug-likeness (QED) is 0.737. The largest absolute Gasteiger partial charge is 0.321 e. The van der Waals surface area contributed by atoms with Crippen molar-refractivity contribution in [3.05, 3.63) is 69.9 Å². The average molecular weight is 358 g/mol. The number of nitriles is 1. The Balaban J connectivity index is 1.82. The summed E-state index contributed by atoms with van der Waals surface area (Å²) >= 11 is 7.42. The molecule has 1 N–H and O–H groups in total. The molecule has 24 heavy (non-hydrogen) atoms. The Kier molecular flexibility index (Phi) is 4.56. The third-order valence-corrected chi connectivity index (χ3v) is 4.39. The van der Waals surface area contributed by atoms with Crippen LogP contribution < -0.4 is 5.32 Å². The molecule has 3 rings (SSSR count). The third kappa shape index (κ3) is 3.27. The van der Waals surface area contributed by atoms with Gasteiger partial charge >= 0.3 is 0 Å². The highest BCUT2D eigenvalue weighted by Gasteiger charge is 2.14. The number of hydrogen-bond acceptors (Lipinski definition) is 4. The highest BCUT2D eigenvalue weighted by molar-refractivity contribution is 7.13. The first-order chi connectivity index (χ1) is 11.6. The zero-order valence-corrected chi connectivity index (χ0v) is 13.7. The van der Waals surface area contributed by atoms with Gasteiger partial charge in [0, 0.05) is 16.6 Å². The van der Waals surface area contributed by atoms with Crippen LogP contribution >= 0.6 is 22.9 Å². The number of benzene rings is 2. The van der Waals surface area contributed by atoms with E-state index in [9.17, 15) is 9.18 Å². The summed E-state index contributed by atoms with van der Waals surface area (Å²) in [6.07, 6.45) is 0. The number of amides is 1. The summed E-state index contributed by atoms with van der Waals surface area (Å²) in [5.41, 5.74) is 1.16. The van der Waals surface area contributed by atoms with E-state index in [0.29, 0.717) is 15.7 Å². The van der Waals surface area contributed by atoms with E-state index in [0.717, 1.165) is 11.6 Å². The summed E-state index contributed by atoms with van der Waals surface area (Å²) in [5, 5.41) is 14.2. The summed E-state index contributed by atoms with van der Waals surface area (Å²) in [4.78, 5) is 16.5. The number of halogens is 2. The molecule has 0 atom stereocenters. The lowest BCUT2D eigenvalue weighted by Gasteiger charge is -2.04. The molecule has 0 spiro atoms. The SMILES string of the molecule is N#Cc1cc(NC(=O)c2csc(-c3ccccc3Cl)n2)ccc1F. The highest BCUT2D eigenvalue weighted by Crippen LogP contribution is 2.30. The molecule has 0 unspecified atom stereocenters. The van der Waals surface area contributed by atoms with E-state index >= 15 is 0 Å². The fourth-order valence-electron chi connectivity index (χ4n) is 2.02. The molecule has 7 heteroatoms. The molecule has 0 aliphatic rings. The smallest absolute Gasteiger partial charge is 0.275 e. The Hall–Kier alpha value is -2.75. The van der Waals surface area contributed by atoms with Crippen molar-refractivity contribution in [3.63, 3.8) is 0 Å². The molecule has 0 fully saturated rings. The van der Waals surface area contributed by atoms with E-state index in [-0.39, 0.29) is 11.3 Å². The van der Waals surface area contributed by atoms with Crippen LogP contribution in [0.5, 0.6) is 0 Å². The second kappa shape index (κ2) is 6.79. The van der Waals surface area contributed by atoms with Crippen LogP contribution in [-0.2, 0) is 0 Å². The van der Waals surface area contributed by atoms with Gasteiger partial charge in [-0.15, -0.1) is 11.3 Å². The molecular weight excluding hydrogens is 349 g/mol. The van der Waals surface area contributed by atoms with Gasteiger partial charge in [0.25, 0.3) is 5.91 Å². The Morgan fingerprint density at radius 3 is 2.83 bits per heavy atom. The third-order valence-electron chi connectivity index (χ3n) is 3.19. The van der Waals surface area contributed by atoms with Gasteiger partial charge in [-0.25, -0.2) is 9.37 Å². The van der Waals surface area contributed by atoms with Crippen molar-refractivity contribution in [2.45, 2.75) is 0 Å². The van der Waals surface area contributed by atoms with Crippen molar-refractivity contribution in [1.29, 1.82) is 5.26 Å². The molecule has 118 valence electrons. The normalized spacial score (nSPS) is 10.2. The van der Waals surface area contributed by atoms with E-state index in [1.165, 1.54) is 23.5 Å². The molecule has 1 heterocycles. The number of carbonyl (C=O) groups is 1. The van der Waals surface area contributed by atoms with E-state index in [1.54, 1.807) is 17.5 Å². The molecule has 0 bridgehead atoms. The molecular formula is C17H9ClFN3OS. The Morgan fingerprint density at radius 1 is 1.29 bits per heavy atom. The molecule has 1 aromatic heterocycles. The fraction of sp³-hybridized carbons (Fsp3) is 0. The number of hydrogen-bond donors (Lipinski definition) is 1. The lowest BCUT2D eigenvalue weighted by atomic mass is 10.2. The minimum absolute atomic E-state index is 0.136. The van der Waals surface area contributed by atoms with Crippen molar-refractivity contribution >= 4 is 34.5 Å². The second-order valence-corrected chi connectivity index (χ2v) is 6.04. The molecule has 0 radical (unpaired) electrons. The van der Waals surface area contributed by atoms with E-state index in [4.69, 9.17) is 16.9 Å². The Morgan fingerprint density at radius 2 is 2.08 bits per heavy atom.